The summed E-state index contributed by atoms with van der Waals surface area (Å²) in [7, 11) is 0. The fourth-order valence-electron chi connectivity index (χ4n) is 1.74. The van der Waals surface area contributed by atoms with Crippen molar-refractivity contribution in [1.82, 2.24) is 0 Å². The summed E-state index contributed by atoms with van der Waals surface area (Å²) >= 11 is 3.44. The summed E-state index contributed by atoms with van der Waals surface area (Å²) in [5.41, 5.74) is 1.88. The number of carbonyl (C=O) groups excluding carboxylic acids is 1. The zero-order valence-corrected chi connectivity index (χ0v) is 10.7. The molecule has 1 atom stereocenters. The first-order valence-electron chi connectivity index (χ1n) is 5.36. The van der Waals surface area contributed by atoms with Gasteiger partial charge in [0.1, 0.15) is 6.10 Å². The minimum absolute atomic E-state index is 0.0429. The van der Waals surface area contributed by atoms with Gasteiger partial charge in [0.05, 0.1) is 0 Å². The van der Waals surface area contributed by atoms with Crippen molar-refractivity contribution >= 4 is 27.5 Å². The zero-order chi connectivity index (χ0) is 11.5. The lowest BCUT2D eigenvalue weighted by Gasteiger charge is -2.12. The third-order valence-corrected chi connectivity index (χ3v) is 3.61. The molecule has 0 aliphatic carbocycles. The molecule has 0 radical (unpaired) electrons. The second-order valence-corrected chi connectivity index (χ2v) is 4.76. The van der Waals surface area contributed by atoms with Gasteiger partial charge in [-0.25, -0.2) is 0 Å². The molecule has 1 heterocycles. The molecule has 1 aliphatic rings. The molecule has 1 saturated heterocycles. The maximum absolute atomic E-state index is 11.8. The molecule has 1 amide bonds. The summed E-state index contributed by atoms with van der Waals surface area (Å²) in [6.45, 7) is 2.66. The van der Waals surface area contributed by atoms with Gasteiger partial charge in [-0.1, -0.05) is 22.0 Å². The molecule has 16 heavy (non-hydrogen) atoms. The number of benzene rings is 1. The third-order valence-electron chi connectivity index (χ3n) is 2.75. The highest BCUT2D eigenvalue weighted by molar-refractivity contribution is 9.10. The van der Waals surface area contributed by atoms with Gasteiger partial charge in [0.2, 0.25) is 0 Å². The Morgan fingerprint density at radius 2 is 2.38 bits per heavy atom. The second kappa shape index (κ2) is 4.97. The van der Waals surface area contributed by atoms with Crippen molar-refractivity contribution in [3.8, 4) is 0 Å². The van der Waals surface area contributed by atoms with E-state index in [1.54, 1.807) is 0 Å². The van der Waals surface area contributed by atoms with Gasteiger partial charge in [0.15, 0.2) is 0 Å². The van der Waals surface area contributed by atoms with Crippen molar-refractivity contribution in [2.45, 2.75) is 25.9 Å². The average Bonchev–Trinajstić information content (AvgIpc) is 2.78. The average molecular weight is 284 g/mol. The summed E-state index contributed by atoms with van der Waals surface area (Å²) in [5, 5.41) is 2.90. The largest absolute Gasteiger partial charge is 0.368 e. The molecule has 0 spiro atoms. The number of ether oxygens (including phenoxy) is 1. The summed E-state index contributed by atoms with van der Waals surface area (Å²) in [6, 6.07) is 5.76. The number of anilines is 1. The van der Waals surface area contributed by atoms with E-state index in [-0.39, 0.29) is 12.0 Å². The molecule has 0 unspecified atom stereocenters. The Hall–Kier alpha value is -0.870. The minimum atomic E-state index is -0.279. The van der Waals surface area contributed by atoms with Crippen molar-refractivity contribution in [2.75, 3.05) is 11.9 Å². The summed E-state index contributed by atoms with van der Waals surface area (Å²) < 4.78 is 6.33. The van der Waals surface area contributed by atoms with E-state index in [0.29, 0.717) is 6.61 Å². The van der Waals surface area contributed by atoms with Crippen molar-refractivity contribution < 1.29 is 9.53 Å². The molecule has 1 fully saturated rings. The normalized spacial score (nSPS) is 19.8. The molecule has 0 bridgehead atoms. The van der Waals surface area contributed by atoms with E-state index in [1.165, 1.54) is 0 Å². The number of amides is 1. The van der Waals surface area contributed by atoms with Gasteiger partial charge in [-0.15, -0.1) is 0 Å². The third kappa shape index (κ3) is 2.44. The summed E-state index contributed by atoms with van der Waals surface area (Å²) in [4.78, 5) is 11.8. The van der Waals surface area contributed by atoms with Crippen LogP contribution in [-0.2, 0) is 9.53 Å². The molecule has 0 aromatic heterocycles. The van der Waals surface area contributed by atoms with E-state index >= 15 is 0 Å². The van der Waals surface area contributed by atoms with E-state index in [4.69, 9.17) is 4.74 Å². The molecular formula is C12H14BrNO2. The van der Waals surface area contributed by atoms with Crippen LogP contribution in [0.4, 0.5) is 5.69 Å². The molecule has 1 aromatic carbocycles. The molecule has 2 rings (SSSR count). The highest BCUT2D eigenvalue weighted by Gasteiger charge is 2.23. The number of rotatable bonds is 2. The van der Waals surface area contributed by atoms with Crippen LogP contribution in [0.3, 0.4) is 0 Å². The highest BCUT2D eigenvalue weighted by Crippen LogP contribution is 2.24. The molecule has 3 nitrogen and oxygen atoms in total. The van der Waals surface area contributed by atoms with E-state index in [1.807, 2.05) is 25.1 Å². The Bertz CT molecular complexity index is 400. The zero-order valence-electron chi connectivity index (χ0n) is 9.13. The standard InChI is InChI=1S/C12H14BrNO2/c1-8-9(13)4-2-5-10(8)14-12(15)11-6-3-7-16-11/h2,4-5,11H,3,6-7H2,1H3,(H,14,15)/t11-/m1/s1. The number of hydrogen-bond donors (Lipinski definition) is 1. The van der Waals surface area contributed by atoms with Crippen LogP contribution in [0.5, 0.6) is 0 Å². The molecule has 1 aromatic rings. The number of carbonyl (C=O) groups is 1. The van der Waals surface area contributed by atoms with Gasteiger partial charge in [0, 0.05) is 16.8 Å². The monoisotopic (exact) mass is 283 g/mol. The van der Waals surface area contributed by atoms with Gasteiger partial charge in [-0.05, 0) is 37.5 Å². The van der Waals surface area contributed by atoms with Crippen molar-refractivity contribution in [3.63, 3.8) is 0 Å². The lowest BCUT2D eigenvalue weighted by atomic mass is 10.2. The summed E-state index contributed by atoms with van der Waals surface area (Å²) in [6.07, 6.45) is 1.51. The lowest BCUT2D eigenvalue weighted by molar-refractivity contribution is -0.124. The van der Waals surface area contributed by atoms with Crippen LogP contribution < -0.4 is 5.32 Å². The predicted molar refractivity (Wildman–Crippen MR) is 66.5 cm³/mol. The lowest BCUT2D eigenvalue weighted by Crippen LogP contribution is -2.27. The van der Waals surface area contributed by atoms with Crippen LogP contribution in [0.2, 0.25) is 0 Å². The van der Waals surface area contributed by atoms with E-state index in [9.17, 15) is 4.79 Å². The molecule has 86 valence electrons. The van der Waals surface area contributed by atoms with Crippen LogP contribution in [-0.4, -0.2) is 18.6 Å². The van der Waals surface area contributed by atoms with Crippen LogP contribution >= 0.6 is 15.9 Å². The molecular weight excluding hydrogens is 270 g/mol. The van der Waals surface area contributed by atoms with Crippen molar-refractivity contribution in [3.05, 3.63) is 28.2 Å². The van der Waals surface area contributed by atoms with Crippen LogP contribution in [0, 0.1) is 6.92 Å². The fraction of sp³-hybridized carbons (Fsp3) is 0.417. The van der Waals surface area contributed by atoms with E-state index < -0.39 is 0 Å². The van der Waals surface area contributed by atoms with Gasteiger partial charge in [-0.2, -0.15) is 0 Å². The van der Waals surface area contributed by atoms with Gasteiger partial charge in [0.25, 0.3) is 5.91 Å². The number of nitrogens with one attached hydrogen (secondary N) is 1. The summed E-state index contributed by atoms with van der Waals surface area (Å²) in [5.74, 6) is -0.0429. The topological polar surface area (TPSA) is 38.3 Å². The first-order chi connectivity index (χ1) is 7.68. The predicted octanol–water partition coefficient (Wildman–Crippen LogP) is 2.88. The number of hydrogen-bond acceptors (Lipinski definition) is 2. The minimum Gasteiger partial charge on any atom is -0.368 e. The molecule has 1 N–H and O–H groups in total. The van der Waals surface area contributed by atoms with Gasteiger partial charge in [-0.3, -0.25) is 4.79 Å². The van der Waals surface area contributed by atoms with Gasteiger partial charge >= 0.3 is 0 Å². The first-order valence-corrected chi connectivity index (χ1v) is 6.15. The van der Waals surface area contributed by atoms with Crippen LogP contribution in [0.15, 0.2) is 22.7 Å². The fourth-order valence-corrected chi connectivity index (χ4v) is 2.11. The SMILES string of the molecule is Cc1c(Br)cccc1NC(=O)[C@H]1CCCO1. The van der Waals surface area contributed by atoms with E-state index in [2.05, 4.69) is 21.2 Å². The van der Waals surface area contributed by atoms with Crippen LogP contribution in [0.25, 0.3) is 0 Å². The smallest absolute Gasteiger partial charge is 0.253 e. The Kier molecular flexibility index (Phi) is 3.61. The quantitative estimate of drug-likeness (QED) is 0.906. The van der Waals surface area contributed by atoms with Crippen LogP contribution in [0.1, 0.15) is 18.4 Å². The Morgan fingerprint density at radius 3 is 3.06 bits per heavy atom. The van der Waals surface area contributed by atoms with Crippen molar-refractivity contribution in [2.24, 2.45) is 0 Å². The highest BCUT2D eigenvalue weighted by atomic mass is 79.9. The van der Waals surface area contributed by atoms with E-state index in [0.717, 1.165) is 28.6 Å². The Balaban J connectivity index is 2.08. The maximum Gasteiger partial charge on any atom is 0.253 e. The first kappa shape index (κ1) is 11.6. The molecule has 1 aliphatic heterocycles. The molecule has 0 saturated carbocycles. The molecule has 4 heteroatoms. The Morgan fingerprint density at radius 1 is 1.56 bits per heavy atom. The maximum atomic E-state index is 11.8. The Labute approximate surface area is 103 Å². The van der Waals surface area contributed by atoms with Gasteiger partial charge < -0.3 is 10.1 Å². The second-order valence-electron chi connectivity index (χ2n) is 3.90. The van der Waals surface area contributed by atoms with Crippen molar-refractivity contribution in [1.29, 1.82) is 0 Å². The number of halogens is 1.